The average molecular weight is 540 g/mol. The van der Waals surface area contributed by atoms with Crippen molar-refractivity contribution in [2.24, 2.45) is 0 Å². The molecular formula is C27H26ClN3O5S. The Morgan fingerprint density at radius 2 is 1.95 bits per heavy atom. The third kappa shape index (κ3) is 4.46. The lowest BCUT2D eigenvalue weighted by Gasteiger charge is -2.54. The number of hydrogen-bond acceptors (Lipinski definition) is 8. The molecule has 2 saturated heterocycles. The van der Waals surface area contributed by atoms with Gasteiger partial charge in [-0.3, -0.25) is 19.4 Å². The molecule has 192 valence electrons. The summed E-state index contributed by atoms with van der Waals surface area (Å²) in [4.78, 5) is 41.4. The van der Waals surface area contributed by atoms with E-state index in [0.717, 1.165) is 27.7 Å². The number of hydrogen-bond donors (Lipinski definition) is 0. The first-order chi connectivity index (χ1) is 17.8. The number of thioether (sulfide) groups is 1. The summed E-state index contributed by atoms with van der Waals surface area (Å²) >= 11 is 8.40. The zero-order chi connectivity index (χ0) is 26.3. The van der Waals surface area contributed by atoms with Gasteiger partial charge in [0.05, 0.1) is 19.3 Å². The zero-order valence-electron chi connectivity index (χ0n) is 20.5. The monoisotopic (exact) mass is 539 g/mol. The van der Waals surface area contributed by atoms with E-state index in [1.807, 2.05) is 35.3 Å². The molecule has 10 heteroatoms. The highest BCUT2D eigenvalue weighted by Crippen LogP contribution is 2.47. The van der Waals surface area contributed by atoms with Gasteiger partial charge in [-0.1, -0.05) is 48.5 Å². The Bertz CT molecular complexity index is 1330. The van der Waals surface area contributed by atoms with Crippen LogP contribution in [0.3, 0.4) is 0 Å². The van der Waals surface area contributed by atoms with Crippen LogP contribution in [0.4, 0.5) is 0 Å². The topological polar surface area (TPSA) is 79.4 Å². The number of carbonyl (C=O) groups is 3. The van der Waals surface area contributed by atoms with Crippen LogP contribution >= 0.6 is 23.4 Å². The number of rotatable bonds is 4. The molecule has 0 saturated carbocycles. The molecule has 0 aromatic heterocycles. The Hall–Kier alpha value is -3.11. The third-order valence-electron chi connectivity index (χ3n) is 6.71. The molecule has 2 aromatic rings. The number of nitrogens with zero attached hydrogens (tertiary/aromatic N) is 3. The maximum atomic E-state index is 13.8. The minimum atomic E-state index is -0.706. The Balaban J connectivity index is 1.77. The van der Waals surface area contributed by atoms with E-state index in [1.165, 1.54) is 6.92 Å². The molecule has 2 fully saturated rings. The van der Waals surface area contributed by atoms with Gasteiger partial charge in [0, 0.05) is 36.2 Å². The molecule has 3 heterocycles. The summed E-state index contributed by atoms with van der Waals surface area (Å²) < 4.78 is 11.2. The highest BCUT2D eigenvalue weighted by Gasteiger charge is 2.49. The Morgan fingerprint density at radius 1 is 1.19 bits per heavy atom. The first-order valence-electron chi connectivity index (χ1n) is 11.8. The summed E-state index contributed by atoms with van der Waals surface area (Å²) in [5.41, 5.74) is 2.98. The molecule has 0 aliphatic carbocycles. The Kier molecular flexibility index (Phi) is 7.13. The molecule has 3 aliphatic heterocycles. The molecule has 3 aliphatic rings. The van der Waals surface area contributed by atoms with Crippen molar-refractivity contribution in [3.63, 3.8) is 0 Å². The van der Waals surface area contributed by atoms with Gasteiger partial charge in [-0.15, -0.1) is 11.8 Å². The Labute approximate surface area is 224 Å². The van der Waals surface area contributed by atoms with Gasteiger partial charge in [-0.2, -0.15) is 5.01 Å². The van der Waals surface area contributed by atoms with Crippen molar-refractivity contribution >= 4 is 41.0 Å². The minimum Gasteiger partial charge on any atom is -0.420 e. The van der Waals surface area contributed by atoms with Gasteiger partial charge >= 0.3 is 5.97 Å². The molecule has 0 spiro atoms. The van der Waals surface area contributed by atoms with E-state index in [4.69, 9.17) is 21.1 Å². The average Bonchev–Trinajstić information content (AvgIpc) is 3.06. The number of esters is 1. The minimum absolute atomic E-state index is 0.0313. The normalized spacial score (nSPS) is 22.8. The standard InChI is InChI=1S/C27H26ClN3O5S/c1-4-21(33)26(36-16(2)32)25-27(34)30-12-13-35-14-23(30)31(29(25)3)24-17-9-7-10-20(28)19(17)15-37-22-11-6-5-8-18(22)24/h4-11,23-24H,1,12-15H2,2-3H3/b26-25+/t23-,24+/m1/s1. The van der Waals surface area contributed by atoms with E-state index in [9.17, 15) is 14.4 Å². The second kappa shape index (κ2) is 10.3. The third-order valence-corrected chi connectivity index (χ3v) is 8.18. The van der Waals surface area contributed by atoms with Gasteiger partial charge < -0.3 is 14.4 Å². The largest absolute Gasteiger partial charge is 0.420 e. The van der Waals surface area contributed by atoms with Crippen LogP contribution in [0, 0.1) is 0 Å². The first-order valence-corrected chi connectivity index (χ1v) is 13.2. The summed E-state index contributed by atoms with van der Waals surface area (Å²) in [7, 11) is 1.70. The molecule has 1 amide bonds. The van der Waals surface area contributed by atoms with Gasteiger partial charge in [-0.05, 0) is 34.9 Å². The molecule has 2 aromatic carbocycles. The van der Waals surface area contributed by atoms with Crippen LogP contribution in [0.25, 0.3) is 0 Å². The molecule has 0 bridgehead atoms. The van der Waals surface area contributed by atoms with Crippen molar-refractivity contribution in [2.45, 2.75) is 29.8 Å². The van der Waals surface area contributed by atoms with E-state index in [2.05, 4.69) is 18.7 Å². The summed E-state index contributed by atoms with van der Waals surface area (Å²) in [6, 6.07) is 13.6. The molecule has 8 nitrogen and oxygen atoms in total. The van der Waals surface area contributed by atoms with Gasteiger partial charge in [0.25, 0.3) is 5.91 Å². The van der Waals surface area contributed by atoms with E-state index < -0.39 is 23.8 Å². The van der Waals surface area contributed by atoms with Gasteiger partial charge in [0.1, 0.15) is 6.17 Å². The van der Waals surface area contributed by atoms with Gasteiger partial charge in [0.15, 0.2) is 5.70 Å². The van der Waals surface area contributed by atoms with Crippen LogP contribution in [-0.4, -0.2) is 65.5 Å². The second-order valence-corrected chi connectivity index (χ2v) is 10.3. The molecule has 0 radical (unpaired) electrons. The summed E-state index contributed by atoms with van der Waals surface area (Å²) in [5.74, 6) is -1.45. The number of morpholine rings is 1. The number of halogens is 1. The number of amides is 1. The SMILES string of the molecule is C=CC(=O)/C(OC(C)=O)=C1/C(=O)N2CCOC[C@H]2N([C@@H]2c3ccccc3SCc3c(Cl)cccc32)N1C. The number of hydrazine groups is 1. The van der Waals surface area contributed by atoms with Gasteiger partial charge in [-0.25, -0.2) is 0 Å². The number of allylic oxidation sites excluding steroid dienone is 1. The zero-order valence-corrected chi connectivity index (χ0v) is 22.1. The van der Waals surface area contributed by atoms with Crippen LogP contribution < -0.4 is 0 Å². The van der Waals surface area contributed by atoms with Crippen LogP contribution in [0.15, 0.2) is 71.5 Å². The van der Waals surface area contributed by atoms with E-state index >= 15 is 0 Å². The lowest BCUT2D eigenvalue weighted by molar-refractivity contribution is -0.194. The maximum Gasteiger partial charge on any atom is 0.308 e. The fraction of sp³-hybridized carbons (Fsp3) is 0.296. The highest BCUT2D eigenvalue weighted by atomic mass is 35.5. The quantitative estimate of drug-likeness (QED) is 0.329. The lowest BCUT2D eigenvalue weighted by Crippen LogP contribution is -2.67. The van der Waals surface area contributed by atoms with Crippen molar-refractivity contribution < 1.29 is 23.9 Å². The number of fused-ring (bicyclic) bond motifs is 3. The number of carbonyl (C=O) groups excluding carboxylic acids is 3. The smallest absolute Gasteiger partial charge is 0.308 e. The first kappa shape index (κ1) is 25.5. The second-order valence-electron chi connectivity index (χ2n) is 8.83. The number of ether oxygens (including phenoxy) is 2. The number of ketones is 1. The maximum absolute atomic E-state index is 13.8. The Morgan fingerprint density at radius 3 is 2.70 bits per heavy atom. The van der Waals surface area contributed by atoms with E-state index in [-0.39, 0.29) is 24.1 Å². The molecule has 2 atom stereocenters. The highest BCUT2D eigenvalue weighted by molar-refractivity contribution is 7.98. The van der Waals surface area contributed by atoms with Crippen molar-refractivity contribution in [3.8, 4) is 0 Å². The predicted octanol–water partition coefficient (Wildman–Crippen LogP) is 3.91. The molecule has 5 rings (SSSR count). The van der Waals surface area contributed by atoms with Crippen LogP contribution in [0.1, 0.15) is 29.7 Å². The van der Waals surface area contributed by atoms with Crippen LogP contribution in [0.2, 0.25) is 5.02 Å². The molecular weight excluding hydrogens is 514 g/mol. The summed E-state index contributed by atoms with van der Waals surface area (Å²) in [5, 5.41) is 4.31. The van der Waals surface area contributed by atoms with Crippen molar-refractivity contribution in [1.82, 2.24) is 14.9 Å². The van der Waals surface area contributed by atoms with Crippen LogP contribution in [0.5, 0.6) is 0 Å². The number of likely N-dealkylation sites (N-methyl/N-ethyl adjacent to an activating group) is 1. The van der Waals surface area contributed by atoms with Gasteiger partial charge in [0.2, 0.25) is 11.5 Å². The lowest BCUT2D eigenvalue weighted by atomic mass is 9.93. The van der Waals surface area contributed by atoms with E-state index in [1.54, 1.807) is 28.7 Å². The molecule has 0 unspecified atom stereocenters. The fourth-order valence-electron chi connectivity index (χ4n) is 5.10. The fourth-order valence-corrected chi connectivity index (χ4v) is 6.57. The molecule has 37 heavy (non-hydrogen) atoms. The number of benzene rings is 2. The van der Waals surface area contributed by atoms with Crippen molar-refractivity contribution in [3.05, 3.63) is 88.3 Å². The van der Waals surface area contributed by atoms with Crippen LogP contribution in [-0.2, 0) is 29.6 Å². The summed E-state index contributed by atoms with van der Waals surface area (Å²) in [6.45, 7) is 5.66. The van der Waals surface area contributed by atoms with E-state index in [0.29, 0.717) is 23.9 Å². The predicted molar refractivity (Wildman–Crippen MR) is 139 cm³/mol. The van der Waals surface area contributed by atoms with Crippen molar-refractivity contribution in [2.75, 3.05) is 26.8 Å². The summed E-state index contributed by atoms with van der Waals surface area (Å²) in [6.07, 6.45) is 0.565. The molecule has 0 N–H and O–H groups in total. The van der Waals surface area contributed by atoms with Crippen molar-refractivity contribution in [1.29, 1.82) is 0 Å².